The second kappa shape index (κ2) is 23.3. The number of hydrogen-bond acceptors (Lipinski definition) is 4. The fourth-order valence-corrected chi connectivity index (χ4v) is 10.2. The van der Waals surface area contributed by atoms with Gasteiger partial charge in [-0.2, -0.15) is 0 Å². The molecule has 1 fully saturated rings. The molecule has 11 rings (SSSR count). The monoisotopic (exact) mass is 1070 g/mol. The Morgan fingerprint density at radius 2 is 0.792 bits per heavy atom. The van der Waals surface area contributed by atoms with Crippen LogP contribution >= 0.6 is 0 Å². The van der Waals surface area contributed by atoms with Crippen molar-refractivity contribution in [3.8, 4) is 56.6 Å². The minimum absolute atomic E-state index is 0. The van der Waals surface area contributed by atoms with Gasteiger partial charge < -0.3 is 40.1 Å². The number of phenols is 2. The Kier molecular flexibility index (Phi) is 17.2. The number of benzene rings is 8. The molecule has 1 aliphatic heterocycles. The molecule has 3 heterocycles. The fraction of sp³-hybridized carbons (Fsp3) is 0.279. The van der Waals surface area contributed by atoms with Gasteiger partial charge in [-0.25, -0.2) is 0 Å². The molecule has 7 nitrogen and oxygen atoms in total. The molecular formula is C68H76N2O5ScSi. The van der Waals surface area contributed by atoms with Crippen molar-refractivity contribution in [1.82, 2.24) is 9.13 Å². The van der Waals surface area contributed by atoms with Crippen molar-refractivity contribution in [2.75, 3.05) is 26.4 Å². The number of ether oxygens (including phenoxy) is 3. The summed E-state index contributed by atoms with van der Waals surface area (Å²) in [6, 6.07) is 54.2. The van der Waals surface area contributed by atoms with Crippen molar-refractivity contribution < 1.29 is 50.3 Å². The molecular weight excluding hydrogens is 998 g/mol. The van der Waals surface area contributed by atoms with Crippen LogP contribution in [0.2, 0.25) is 19.6 Å². The summed E-state index contributed by atoms with van der Waals surface area (Å²) >= 11 is 0. The van der Waals surface area contributed by atoms with Crippen molar-refractivity contribution in [1.29, 1.82) is 0 Å². The molecule has 2 aromatic heterocycles. The van der Waals surface area contributed by atoms with E-state index in [4.69, 9.17) is 9.47 Å². The van der Waals surface area contributed by atoms with Crippen LogP contribution in [0.1, 0.15) is 76.6 Å². The van der Waals surface area contributed by atoms with Gasteiger partial charge in [-0.3, -0.25) is 0 Å². The average Bonchev–Trinajstić information content (AvgIpc) is 4.21. The summed E-state index contributed by atoms with van der Waals surface area (Å²) in [4.78, 5) is 0. The van der Waals surface area contributed by atoms with Crippen LogP contribution in [-0.4, -0.2) is 58.6 Å². The van der Waals surface area contributed by atoms with Crippen molar-refractivity contribution in [3.63, 3.8) is 0 Å². The number of aryl methyl sites for hydroxylation is 2. The van der Waals surface area contributed by atoms with Gasteiger partial charge in [0.2, 0.25) is 0 Å². The van der Waals surface area contributed by atoms with Gasteiger partial charge in [0, 0.05) is 82.5 Å². The summed E-state index contributed by atoms with van der Waals surface area (Å²) in [7, 11) is -0.861. The van der Waals surface area contributed by atoms with Gasteiger partial charge in [-0.05, 0) is 120 Å². The minimum Gasteiger partial charge on any atom is -0.505 e. The standard InChI is InChI=1S/C60H56N2O4.C4H8O.C4H11Si.Sc/c1-37-31-47(57(63)53(33-37)61-49-21-13-9-17-41(49)42-18-10-14-22-50(42)61)45-35-39(59(3,4)5)25-27-55(45)65-29-30-66-56-28-26-40(60(6,7)8)36-46(56)48-32-38(2)34-54(58(48)64)62-51-23-15-11-19-43(51)44-20-12-16-24-52(44)62;1-2-4-5-3-1;1-5(2,3)4;/h9-28,31-36,63-64H,29-30H2,1-8H3;1-4H2;1H2,2-4H3;/q;;-1;/p+1. The first kappa shape index (κ1) is 56.8. The number of phenolic OH excluding ortho intramolecular Hbond substituents is 2. The molecule has 77 heavy (non-hydrogen) atoms. The fourth-order valence-electron chi connectivity index (χ4n) is 10.2. The first-order chi connectivity index (χ1) is 36.2. The molecule has 0 unspecified atom stereocenters. The zero-order chi connectivity index (χ0) is 54.1. The molecule has 10 aromatic rings. The van der Waals surface area contributed by atoms with Crippen LogP contribution in [0.25, 0.3) is 77.2 Å². The average molecular weight is 1070 g/mol. The SMILES string of the molecule is C1CC[OH+]C1.Cc1cc(-c2cc(C(C)(C)C)ccc2OCCOc2ccc(C(C)(C)C)cc2-c2cc(C)cc(-n3c4ccccc4c4ccccc43)c2O)c(O)c(-n2c3ccccc3c3ccccc32)c1.[CH2-][Si](C)(C)C.[Sc]. The number of fused-ring (bicyclic) bond motifs is 6. The molecule has 0 bridgehead atoms. The number of para-hydroxylation sites is 4. The Balaban J connectivity index is 0.000000648. The summed E-state index contributed by atoms with van der Waals surface area (Å²) in [5.41, 5.74) is 12.5. The number of aromatic hydroxyl groups is 2. The maximum Gasteiger partial charge on any atom is 0.147 e. The molecule has 1 saturated heterocycles. The summed E-state index contributed by atoms with van der Waals surface area (Å²) in [6.45, 7) is 30.6. The number of hydrogen-bond donors (Lipinski definition) is 2. The third-order valence-corrected chi connectivity index (χ3v) is 13.9. The smallest absolute Gasteiger partial charge is 0.147 e. The van der Waals surface area contributed by atoms with Crippen molar-refractivity contribution >= 4 is 51.7 Å². The van der Waals surface area contributed by atoms with E-state index in [0.29, 0.717) is 34.0 Å². The number of rotatable bonds is 9. The third-order valence-electron chi connectivity index (χ3n) is 13.9. The van der Waals surface area contributed by atoms with Crippen LogP contribution in [-0.2, 0) is 36.7 Å². The van der Waals surface area contributed by atoms with Crippen LogP contribution in [0.4, 0.5) is 0 Å². The van der Waals surface area contributed by atoms with E-state index in [0.717, 1.165) is 90.2 Å². The topological polar surface area (TPSA) is 81.6 Å². The van der Waals surface area contributed by atoms with Gasteiger partial charge in [0.15, 0.2) is 0 Å². The van der Waals surface area contributed by atoms with Gasteiger partial charge in [0.1, 0.15) is 49.4 Å². The van der Waals surface area contributed by atoms with E-state index in [2.05, 4.69) is 205 Å². The molecule has 395 valence electrons. The Bertz CT molecular complexity index is 3360. The summed E-state index contributed by atoms with van der Waals surface area (Å²) < 4.78 is 21.7. The van der Waals surface area contributed by atoms with E-state index in [-0.39, 0.29) is 61.4 Å². The molecule has 3 N–H and O–H groups in total. The number of aromatic nitrogens is 2. The third kappa shape index (κ3) is 12.5. The maximum absolute atomic E-state index is 12.4. The van der Waals surface area contributed by atoms with Crippen LogP contribution in [0.3, 0.4) is 0 Å². The molecule has 0 saturated carbocycles. The molecule has 8 aromatic carbocycles. The predicted octanol–water partition coefficient (Wildman–Crippen LogP) is 17.3. The zero-order valence-corrected chi connectivity index (χ0v) is 49.9. The number of nitrogens with zero attached hydrogens (tertiary/aromatic N) is 2. The van der Waals surface area contributed by atoms with E-state index in [9.17, 15) is 10.2 Å². The van der Waals surface area contributed by atoms with E-state index in [1.54, 1.807) is 0 Å². The van der Waals surface area contributed by atoms with Crippen LogP contribution in [0.15, 0.2) is 158 Å². The van der Waals surface area contributed by atoms with Gasteiger partial charge in [0.25, 0.3) is 0 Å². The maximum atomic E-state index is 12.4. The molecule has 0 spiro atoms. The van der Waals surface area contributed by atoms with E-state index >= 15 is 0 Å². The molecule has 0 atom stereocenters. The molecule has 0 amide bonds. The molecule has 1 radical (unpaired) electrons. The summed E-state index contributed by atoms with van der Waals surface area (Å²) in [6.07, 6.45) is 2.67. The van der Waals surface area contributed by atoms with Crippen LogP contribution in [0.5, 0.6) is 23.0 Å². The van der Waals surface area contributed by atoms with Gasteiger partial charge in [-0.1, -0.05) is 146 Å². The zero-order valence-electron chi connectivity index (χ0n) is 47.1. The minimum atomic E-state index is -0.861. The van der Waals surface area contributed by atoms with Crippen molar-refractivity contribution in [2.45, 2.75) is 98.7 Å². The second-order valence-electron chi connectivity index (χ2n) is 23.7. The van der Waals surface area contributed by atoms with Gasteiger partial charge in [-0.15, -0.1) is 8.07 Å². The van der Waals surface area contributed by atoms with E-state index in [1.807, 2.05) is 48.5 Å². The Labute approximate surface area is 476 Å². The van der Waals surface area contributed by atoms with Crippen molar-refractivity contribution in [3.05, 3.63) is 187 Å². The summed E-state index contributed by atoms with van der Waals surface area (Å²) in [5.74, 6) is 1.66. The van der Waals surface area contributed by atoms with Gasteiger partial charge >= 0.3 is 0 Å². The Morgan fingerprint density at radius 1 is 0.481 bits per heavy atom. The second-order valence-corrected chi connectivity index (χ2v) is 28.8. The molecule has 1 aliphatic rings. The van der Waals surface area contributed by atoms with Crippen molar-refractivity contribution in [2.24, 2.45) is 0 Å². The molecule has 0 aliphatic carbocycles. The number of aliphatic hydroxyl groups is 2. The van der Waals surface area contributed by atoms with Gasteiger partial charge in [0.05, 0.1) is 33.4 Å². The first-order valence-electron chi connectivity index (χ1n) is 26.9. The van der Waals surface area contributed by atoms with E-state index in [1.165, 1.54) is 12.8 Å². The normalized spacial score (nSPS) is 12.8. The summed E-state index contributed by atoms with van der Waals surface area (Å²) in [5, 5.41) is 29.4. The van der Waals surface area contributed by atoms with Crippen LogP contribution < -0.4 is 9.47 Å². The largest absolute Gasteiger partial charge is 0.505 e. The molecule has 9 heteroatoms. The predicted molar refractivity (Wildman–Crippen MR) is 324 cm³/mol. The Hall–Kier alpha value is -6.39. The van der Waals surface area contributed by atoms with E-state index < -0.39 is 8.07 Å². The first-order valence-corrected chi connectivity index (χ1v) is 30.6. The van der Waals surface area contributed by atoms with Crippen LogP contribution in [0, 0.1) is 20.4 Å². The quantitative estimate of drug-likeness (QED) is 0.0653. The Morgan fingerprint density at radius 3 is 1.08 bits per heavy atom.